The van der Waals surface area contributed by atoms with Crippen molar-refractivity contribution in [3.8, 4) is 5.75 Å². The van der Waals surface area contributed by atoms with Crippen LogP contribution in [-0.2, 0) is 0 Å². The Morgan fingerprint density at radius 1 is 1.21 bits per heavy atom. The van der Waals surface area contributed by atoms with Gasteiger partial charge in [-0.1, -0.05) is 23.7 Å². The van der Waals surface area contributed by atoms with Gasteiger partial charge in [-0.2, -0.15) is 0 Å². The minimum atomic E-state index is -0.290. The third-order valence-corrected chi connectivity index (χ3v) is 3.11. The van der Waals surface area contributed by atoms with E-state index in [-0.39, 0.29) is 11.9 Å². The quantitative estimate of drug-likeness (QED) is 0.879. The van der Waals surface area contributed by atoms with Crippen LogP contribution in [0.4, 0.5) is 10.1 Å². The molecule has 0 aliphatic rings. The van der Waals surface area contributed by atoms with Crippen LogP contribution >= 0.6 is 11.6 Å². The predicted octanol–water partition coefficient (Wildman–Crippen LogP) is 4.66. The van der Waals surface area contributed by atoms with Gasteiger partial charge in [-0.15, -0.1) is 0 Å². The van der Waals surface area contributed by atoms with Gasteiger partial charge >= 0.3 is 0 Å². The summed E-state index contributed by atoms with van der Waals surface area (Å²) >= 11 is 5.93. The fourth-order valence-corrected chi connectivity index (χ4v) is 2.21. The predicted molar refractivity (Wildman–Crippen MR) is 76.4 cm³/mol. The van der Waals surface area contributed by atoms with Gasteiger partial charge in [0.1, 0.15) is 11.6 Å². The van der Waals surface area contributed by atoms with Crippen LogP contribution in [0.2, 0.25) is 5.02 Å². The van der Waals surface area contributed by atoms with E-state index in [1.807, 2.05) is 19.1 Å². The lowest BCUT2D eigenvalue weighted by Crippen LogP contribution is -2.10. The summed E-state index contributed by atoms with van der Waals surface area (Å²) in [5.74, 6) is 0.239. The molecule has 0 saturated heterocycles. The molecule has 0 radical (unpaired) electrons. The van der Waals surface area contributed by atoms with E-state index in [9.17, 15) is 4.39 Å². The largest absolute Gasteiger partial charge is 0.496 e. The van der Waals surface area contributed by atoms with Crippen molar-refractivity contribution >= 4 is 17.3 Å². The minimum Gasteiger partial charge on any atom is -0.496 e. The van der Waals surface area contributed by atoms with Crippen LogP contribution in [0.15, 0.2) is 42.5 Å². The maximum absolute atomic E-state index is 13.9. The molecule has 2 nitrogen and oxygen atoms in total. The van der Waals surface area contributed by atoms with Gasteiger partial charge in [-0.3, -0.25) is 0 Å². The lowest BCUT2D eigenvalue weighted by molar-refractivity contribution is 0.402. The van der Waals surface area contributed by atoms with Gasteiger partial charge in [0, 0.05) is 10.7 Å². The number of hydrogen-bond acceptors (Lipinski definition) is 2. The monoisotopic (exact) mass is 279 g/mol. The highest BCUT2D eigenvalue weighted by molar-refractivity contribution is 6.30. The molecule has 1 unspecified atom stereocenters. The molecule has 0 aromatic heterocycles. The normalized spacial score (nSPS) is 12.0. The second-order valence-electron chi connectivity index (χ2n) is 4.23. The second kappa shape index (κ2) is 5.93. The van der Waals surface area contributed by atoms with E-state index in [1.54, 1.807) is 24.3 Å². The summed E-state index contributed by atoms with van der Waals surface area (Å²) in [5.41, 5.74) is 1.34. The highest BCUT2D eigenvalue weighted by atomic mass is 35.5. The Morgan fingerprint density at radius 3 is 2.63 bits per heavy atom. The van der Waals surface area contributed by atoms with Gasteiger partial charge in [-0.25, -0.2) is 4.39 Å². The van der Waals surface area contributed by atoms with E-state index in [1.165, 1.54) is 13.2 Å². The zero-order chi connectivity index (χ0) is 13.8. The molecule has 0 fully saturated rings. The molecule has 1 N–H and O–H groups in total. The number of hydrogen-bond donors (Lipinski definition) is 1. The summed E-state index contributed by atoms with van der Waals surface area (Å²) in [4.78, 5) is 0. The molecule has 19 heavy (non-hydrogen) atoms. The summed E-state index contributed by atoms with van der Waals surface area (Å²) < 4.78 is 19.1. The molecule has 2 aromatic carbocycles. The van der Waals surface area contributed by atoms with Crippen molar-refractivity contribution in [2.75, 3.05) is 12.4 Å². The molecular formula is C15H15ClFNO. The van der Waals surface area contributed by atoms with Crippen LogP contribution in [0.25, 0.3) is 0 Å². The summed E-state index contributed by atoms with van der Waals surface area (Å²) in [5, 5.41) is 3.85. The van der Waals surface area contributed by atoms with Crippen LogP contribution in [-0.4, -0.2) is 7.11 Å². The Balaban J connectivity index is 2.27. The van der Waals surface area contributed by atoms with Crippen LogP contribution < -0.4 is 10.1 Å². The average Bonchev–Trinajstić information content (AvgIpc) is 2.38. The van der Waals surface area contributed by atoms with E-state index in [4.69, 9.17) is 16.3 Å². The van der Waals surface area contributed by atoms with Crippen molar-refractivity contribution in [1.29, 1.82) is 0 Å². The van der Waals surface area contributed by atoms with Crippen LogP contribution in [0.1, 0.15) is 18.5 Å². The first-order valence-corrected chi connectivity index (χ1v) is 6.34. The van der Waals surface area contributed by atoms with Crippen molar-refractivity contribution in [2.24, 2.45) is 0 Å². The van der Waals surface area contributed by atoms with E-state index in [0.717, 1.165) is 5.69 Å². The van der Waals surface area contributed by atoms with Gasteiger partial charge in [0.05, 0.1) is 18.7 Å². The Kier molecular flexibility index (Phi) is 4.27. The molecule has 0 bridgehead atoms. The molecule has 0 heterocycles. The number of benzene rings is 2. The third kappa shape index (κ3) is 3.18. The number of rotatable bonds is 4. The summed E-state index contributed by atoms with van der Waals surface area (Å²) in [7, 11) is 1.53. The Labute approximate surface area is 117 Å². The summed E-state index contributed by atoms with van der Waals surface area (Å²) in [6.07, 6.45) is 0. The summed E-state index contributed by atoms with van der Waals surface area (Å²) in [6, 6.07) is 11.9. The smallest absolute Gasteiger partial charge is 0.132 e. The first-order valence-electron chi connectivity index (χ1n) is 5.96. The van der Waals surface area contributed by atoms with Crippen LogP contribution in [0.3, 0.4) is 0 Å². The van der Waals surface area contributed by atoms with Crippen LogP contribution in [0, 0.1) is 5.82 Å². The second-order valence-corrected chi connectivity index (χ2v) is 4.67. The fraction of sp³-hybridized carbons (Fsp3) is 0.200. The molecule has 0 amide bonds. The standard InChI is InChI=1S/C15H15ClFNO/c1-10(18-12-6-3-5-11(16)9-12)15-13(17)7-4-8-14(15)19-2/h3-10,18H,1-2H3. The van der Waals surface area contributed by atoms with E-state index >= 15 is 0 Å². The zero-order valence-electron chi connectivity index (χ0n) is 10.8. The molecule has 0 saturated carbocycles. The SMILES string of the molecule is COc1cccc(F)c1C(C)Nc1cccc(Cl)c1. The van der Waals surface area contributed by atoms with Gasteiger partial charge in [0.15, 0.2) is 0 Å². The average molecular weight is 280 g/mol. The van der Waals surface area contributed by atoms with Crippen molar-refractivity contribution in [2.45, 2.75) is 13.0 Å². The Morgan fingerprint density at radius 2 is 1.95 bits per heavy atom. The topological polar surface area (TPSA) is 21.3 Å². The lowest BCUT2D eigenvalue weighted by Gasteiger charge is -2.19. The zero-order valence-corrected chi connectivity index (χ0v) is 11.5. The number of halogens is 2. The van der Waals surface area contributed by atoms with Gasteiger partial charge in [0.2, 0.25) is 0 Å². The summed E-state index contributed by atoms with van der Waals surface area (Å²) in [6.45, 7) is 1.88. The lowest BCUT2D eigenvalue weighted by atomic mass is 10.1. The molecule has 0 aliphatic carbocycles. The molecule has 2 aromatic rings. The molecular weight excluding hydrogens is 265 g/mol. The van der Waals surface area contributed by atoms with Crippen LogP contribution in [0.5, 0.6) is 5.75 Å². The van der Waals surface area contributed by atoms with Crippen molar-refractivity contribution in [3.63, 3.8) is 0 Å². The van der Waals surface area contributed by atoms with E-state index in [0.29, 0.717) is 16.3 Å². The number of ether oxygens (including phenoxy) is 1. The first kappa shape index (κ1) is 13.7. The number of anilines is 1. The van der Waals surface area contributed by atoms with Gasteiger partial charge in [0.25, 0.3) is 0 Å². The molecule has 0 spiro atoms. The number of methoxy groups -OCH3 is 1. The number of nitrogens with one attached hydrogen (secondary N) is 1. The molecule has 100 valence electrons. The van der Waals surface area contributed by atoms with E-state index < -0.39 is 0 Å². The molecule has 1 atom stereocenters. The third-order valence-electron chi connectivity index (χ3n) is 2.87. The van der Waals surface area contributed by atoms with Crippen molar-refractivity contribution < 1.29 is 9.13 Å². The minimum absolute atomic E-state index is 0.227. The first-order chi connectivity index (χ1) is 9.11. The maximum Gasteiger partial charge on any atom is 0.132 e. The van der Waals surface area contributed by atoms with Gasteiger partial charge in [-0.05, 0) is 37.3 Å². The van der Waals surface area contributed by atoms with Gasteiger partial charge < -0.3 is 10.1 Å². The Hall–Kier alpha value is -1.74. The highest BCUT2D eigenvalue weighted by Gasteiger charge is 2.16. The molecule has 2 rings (SSSR count). The molecule has 4 heteroatoms. The van der Waals surface area contributed by atoms with Crippen molar-refractivity contribution in [3.05, 3.63) is 58.9 Å². The van der Waals surface area contributed by atoms with Crippen molar-refractivity contribution in [1.82, 2.24) is 0 Å². The highest BCUT2D eigenvalue weighted by Crippen LogP contribution is 2.30. The van der Waals surface area contributed by atoms with E-state index in [2.05, 4.69) is 5.32 Å². The Bertz CT molecular complexity index is 574. The molecule has 0 aliphatic heterocycles. The fourth-order valence-electron chi connectivity index (χ4n) is 2.02. The maximum atomic E-state index is 13.9.